The molecule has 0 aliphatic heterocycles. The molecule has 126 valence electrons. The lowest BCUT2D eigenvalue weighted by Crippen LogP contribution is -2.26. The molecule has 0 amide bonds. The van der Waals surface area contributed by atoms with Gasteiger partial charge in [-0.3, -0.25) is 9.59 Å². The summed E-state index contributed by atoms with van der Waals surface area (Å²) in [5, 5.41) is 8.77. The van der Waals surface area contributed by atoms with E-state index in [0.717, 1.165) is 0 Å². The maximum absolute atomic E-state index is 11.7. The lowest BCUT2D eigenvalue weighted by molar-refractivity contribution is -0.154. The van der Waals surface area contributed by atoms with Crippen LogP contribution in [-0.2, 0) is 14.3 Å². The van der Waals surface area contributed by atoms with E-state index in [1.807, 2.05) is 20.8 Å². The first-order valence-corrected chi connectivity index (χ1v) is 7.47. The van der Waals surface area contributed by atoms with Crippen molar-refractivity contribution >= 4 is 17.9 Å². The average Bonchev–Trinajstić information content (AvgIpc) is 2.51. The van der Waals surface area contributed by atoms with Gasteiger partial charge in [-0.05, 0) is 51.0 Å². The molecule has 1 rings (SSSR count). The fourth-order valence-corrected chi connectivity index (χ4v) is 1.57. The molecule has 1 aromatic carbocycles. The summed E-state index contributed by atoms with van der Waals surface area (Å²) >= 11 is 0. The largest absolute Gasteiger partial charge is 0.478 e. The van der Waals surface area contributed by atoms with Crippen LogP contribution < -0.4 is 4.74 Å². The number of aromatic carboxylic acids is 1. The SMILES string of the molecule is CCC(C)(C)C(=O)OCCCC(=O)Oc1ccc(C(=O)O)cc1. The topological polar surface area (TPSA) is 89.9 Å². The molecule has 0 radical (unpaired) electrons. The second-order valence-corrected chi connectivity index (χ2v) is 5.78. The first-order chi connectivity index (χ1) is 10.8. The van der Waals surface area contributed by atoms with Crippen molar-refractivity contribution < 1.29 is 29.0 Å². The van der Waals surface area contributed by atoms with Gasteiger partial charge in [0.15, 0.2) is 0 Å². The Morgan fingerprint density at radius 3 is 2.26 bits per heavy atom. The van der Waals surface area contributed by atoms with Gasteiger partial charge < -0.3 is 14.6 Å². The number of carbonyl (C=O) groups excluding carboxylic acids is 2. The highest BCUT2D eigenvalue weighted by molar-refractivity contribution is 5.87. The van der Waals surface area contributed by atoms with E-state index in [2.05, 4.69) is 0 Å². The fraction of sp³-hybridized carbons (Fsp3) is 0.471. The van der Waals surface area contributed by atoms with Gasteiger partial charge in [0.1, 0.15) is 5.75 Å². The minimum Gasteiger partial charge on any atom is -0.478 e. The molecular weight excluding hydrogens is 300 g/mol. The number of hydrogen-bond acceptors (Lipinski definition) is 5. The number of rotatable bonds is 8. The minimum atomic E-state index is -1.04. The van der Waals surface area contributed by atoms with Crippen LogP contribution in [0.1, 0.15) is 50.4 Å². The average molecular weight is 322 g/mol. The summed E-state index contributed by atoms with van der Waals surface area (Å²) in [5.41, 5.74) is -0.401. The molecule has 6 heteroatoms. The van der Waals surface area contributed by atoms with Gasteiger partial charge in [0, 0.05) is 6.42 Å². The van der Waals surface area contributed by atoms with Crippen LogP contribution in [0.5, 0.6) is 5.75 Å². The maximum atomic E-state index is 11.7. The number of benzene rings is 1. The zero-order chi connectivity index (χ0) is 17.5. The number of carboxylic acid groups (broad SMARTS) is 1. The molecule has 0 heterocycles. The number of carboxylic acids is 1. The van der Waals surface area contributed by atoms with Crippen LogP contribution in [-0.4, -0.2) is 29.6 Å². The Balaban J connectivity index is 2.32. The molecule has 0 saturated carbocycles. The van der Waals surface area contributed by atoms with Gasteiger partial charge in [-0.1, -0.05) is 6.92 Å². The third kappa shape index (κ3) is 6.10. The second-order valence-electron chi connectivity index (χ2n) is 5.78. The van der Waals surface area contributed by atoms with Gasteiger partial charge in [-0.25, -0.2) is 4.79 Å². The van der Waals surface area contributed by atoms with Crippen LogP contribution in [0.25, 0.3) is 0 Å². The van der Waals surface area contributed by atoms with Gasteiger partial charge >= 0.3 is 17.9 Å². The number of hydrogen-bond donors (Lipinski definition) is 1. The quantitative estimate of drug-likeness (QED) is 0.449. The summed E-state index contributed by atoms with van der Waals surface area (Å²) in [7, 11) is 0. The predicted octanol–water partition coefficient (Wildman–Crippen LogP) is 3.05. The smallest absolute Gasteiger partial charge is 0.335 e. The van der Waals surface area contributed by atoms with Crippen molar-refractivity contribution in [3.8, 4) is 5.75 Å². The molecule has 1 aromatic rings. The molecule has 0 unspecified atom stereocenters. The zero-order valence-electron chi connectivity index (χ0n) is 13.6. The molecule has 6 nitrogen and oxygen atoms in total. The molecule has 0 saturated heterocycles. The van der Waals surface area contributed by atoms with Crippen molar-refractivity contribution in [3.63, 3.8) is 0 Å². The molecule has 23 heavy (non-hydrogen) atoms. The van der Waals surface area contributed by atoms with E-state index in [1.54, 1.807) is 0 Å². The van der Waals surface area contributed by atoms with Crippen LogP contribution in [0.15, 0.2) is 24.3 Å². The molecule has 0 fully saturated rings. The highest BCUT2D eigenvalue weighted by Gasteiger charge is 2.26. The third-order valence-corrected chi connectivity index (χ3v) is 3.53. The van der Waals surface area contributed by atoms with Crippen LogP contribution in [0.4, 0.5) is 0 Å². The Hall–Kier alpha value is -2.37. The normalized spacial score (nSPS) is 10.9. The summed E-state index contributed by atoms with van der Waals surface area (Å²) in [6.07, 6.45) is 1.16. The Morgan fingerprint density at radius 2 is 1.74 bits per heavy atom. The Morgan fingerprint density at radius 1 is 1.13 bits per heavy atom. The molecule has 0 aliphatic rings. The Kier molecular flexibility index (Phi) is 6.75. The highest BCUT2D eigenvalue weighted by Crippen LogP contribution is 2.21. The molecule has 0 aliphatic carbocycles. The second kappa shape index (κ2) is 8.31. The lowest BCUT2D eigenvalue weighted by Gasteiger charge is -2.20. The summed E-state index contributed by atoms with van der Waals surface area (Å²) in [6.45, 7) is 5.69. The van der Waals surface area contributed by atoms with Crippen LogP contribution in [0.3, 0.4) is 0 Å². The van der Waals surface area contributed by atoms with Gasteiger partial charge in [0.25, 0.3) is 0 Å². The summed E-state index contributed by atoms with van der Waals surface area (Å²) < 4.78 is 10.2. The number of carbonyl (C=O) groups is 3. The molecular formula is C17H22O6. The summed E-state index contributed by atoms with van der Waals surface area (Å²) in [6, 6.07) is 5.56. The van der Waals surface area contributed by atoms with E-state index in [-0.39, 0.29) is 30.3 Å². The van der Waals surface area contributed by atoms with Gasteiger partial charge in [-0.2, -0.15) is 0 Å². The first-order valence-electron chi connectivity index (χ1n) is 7.47. The van der Waals surface area contributed by atoms with E-state index in [0.29, 0.717) is 12.8 Å². The molecule has 0 bridgehead atoms. The van der Waals surface area contributed by atoms with E-state index in [4.69, 9.17) is 14.6 Å². The van der Waals surface area contributed by atoms with Crippen molar-refractivity contribution in [1.29, 1.82) is 0 Å². The molecule has 0 atom stereocenters. The van der Waals surface area contributed by atoms with E-state index in [9.17, 15) is 14.4 Å². The van der Waals surface area contributed by atoms with Crippen molar-refractivity contribution in [2.24, 2.45) is 5.41 Å². The van der Waals surface area contributed by atoms with Crippen molar-refractivity contribution in [3.05, 3.63) is 29.8 Å². The standard InChI is InChI=1S/C17H22O6/c1-4-17(2,3)16(21)22-11-5-6-14(18)23-13-9-7-12(8-10-13)15(19)20/h7-10H,4-6,11H2,1-3H3,(H,19,20). The maximum Gasteiger partial charge on any atom is 0.335 e. The van der Waals surface area contributed by atoms with E-state index in [1.165, 1.54) is 24.3 Å². The number of esters is 2. The van der Waals surface area contributed by atoms with Gasteiger partial charge in [0.05, 0.1) is 17.6 Å². The van der Waals surface area contributed by atoms with Crippen LogP contribution in [0.2, 0.25) is 0 Å². The van der Waals surface area contributed by atoms with Crippen molar-refractivity contribution in [2.75, 3.05) is 6.61 Å². The minimum absolute atomic E-state index is 0.112. The van der Waals surface area contributed by atoms with E-state index >= 15 is 0 Å². The lowest BCUT2D eigenvalue weighted by atomic mass is 9.91. The first kappa shape index (κ1) is 18.7. The highest BCUT2D eigenvalue weighted by atomic mass is 16.5. The zero-order valence-corrected chi connectivity index (χ0v) is 13.6. The summed E-state index contributed by atoms with van der Waals surface area (Å²) in [4.78, 5) is 34.1. The molecule has 0 spiro atoms. The number of ether oxygens (including phenoxy) is 2. The van der Waals surface area contributed by atoms with Gasteiger partial charge in [-0.15, -0.1) is 0 Å². The predicted molar refractivity (Wildman–Crippen MR) is 83.3 cm³/mol. The van der Waals surface area contributed by atoms with Gasteiger partial charge in [0.2, 0.25) is 0 Å². The fourth-order valence-electron chi connectivity index (χ4n) is 1.57. The summed E-state index contributed by atoms with van der Waals surface area (Å²) in [5.74, 6) is -1.50. The third-order valence-electron chi connectivity index (χ3n) is 3.53. The van der Waals surface area contributed by atoms with Crippen LogP contribution in [0, 0.1) is 5.41 Å². The molecule has 0 aromatic heterocycles. The van der Waals surface area contributed by atoms with Crippen molar-refractivity contribution in [2.45, 2.75) is 40.0 Å². The monoisotopic (exact) mass is 322 g/mol. The molecule has 1 N–H and O–H groups in total. The van der Waals surface area contributed by atoms with Crippen molar-refractivity contribution in [1.82, 2.24) is 0 Å². The van der Waals surface area contributed by atoms with E-state index < -0.39 is 17.4 Å². The van der Waals surface area contributed by atoms with Crippen LogP contribution >= 0.6 is 0 Å². The Labute approximate surface area is 135 Å². The Bertz CT molecular complexity index is 559.